The van der Waals surface area contributed by atoms with Crippen LogP contribution in [0.1, 0.15) is 5.56 Å². The molecule has 2 aromatic carbocycles. The van der Waals surface area contributed by atoms with Crippen molar-refractivity contribution in [1.29, 1.82) is 0 Å². The van der Waals surface area contributed by atoms with E-state index in [0.29, 0.717) is 29.8 Å². The van der Waals surface area contributed by atoms with E-state index in [1.54, 1.807) is 24.4 Å². The fraction of sp³-hybridized carbons (Fsp3) is 0.0476. The van der Waals surface area contributed by atoms with Crippen LogP contribution in [0.15, 0.2) is 66.9 Å². The largest absolute Gasteiger partial charge is 0.489 e. The van der Waals surface area contributed by atoms with Gasteiger partial charge in [-0.2, -0.15) is 0 Å². The van der Waals surface area contributed by atoms with E-state index in [0.717, 1.165) is 22.4 Å². The van der Waals surface area contributed by atoms with Crippen LogP contribution < -0.4 is 16.2 Å². The number of nitrogen functional groups attached to an aromatic ring is 2. The molecule has 28 heavy (non-hydrogen) atoms. The number of rotatable bonds is 5. The van der Waals surface area contributed by atoms with Crippen molar-refractivity contribution in [2.75, 3.05) is 11.5 Å². The van der Waals surface area contributed by atoms with E-state index in [1.807, 2.05) is 30.3 Å². The summed E-state index contributed by atoms with van der Waals surface area (Å²) in [5.74, 6) is 1.17. The van der Waals surface area contributed by atoms with Crippen LogP contribution in [-0.4, -0.2) is 15.0 Å². The first-order valence-corrected chi connectivity index (χ1v) is 8.63. The minimum atomic E-state index is -0.265. The molecule has 2 aromatic heterocycles. The minimum absolute atomic E-state index is 0.265. The van der Waals surface area contributed by atoms with Gasteiger partial charge < -0.3 is 21.2 Å². The first-order valence-electron chi connectivity index (χ1n) is 8.63. The molecule has 0 atom stereocenters. The van der Waals surface area contributed by atoms with Crippen molar-refractivity contribution in [2.24, 2.45) is 0 Å². The molecule has 0 saturated carbocycles. The number of nitrogens with zero attached hydrogens (tertiary/aromatic N) is 2. The van der Waals surface area contributed by atoms with Crippen molar-refractivity contribution in [3.05, 3.63) is 78.2 Å². The van der Waals surface area contributed by atoms with E-state index in [2.05, 4.69) is 15.0 Å². The molecule has 7 heteroatoms. The molecule has 0 aliphatic rings. The summed E-state index contributed by atoms with van der Waals surface area (Å²) in [7, 11) is 0. The average molecular weight is 375 g/mol. The number of nitrogens with one attached hydrogen (secondary N) is 1. The van der Waals surface area contributed by atoms with Gasteiger partial charge in [-0.05, 0) is 54.1 Å². The van der Waals surface area contributed by atoms with Crippen molar-refractivity contribution >= 4 is 11.8 Å². The molecule has 0 unspecified atom stereocenters. The molecule has 0 saturated heterocycles. The standard InChI is InChI=1S/C21H18FN5O/c22-16-5-1-13(2-6-16)12-28-17-7-3-14(4-8-17)19-20(27-21(24)26-19)15-9-10-25-18(23)11-15/h1-11H,12H2,(H2,23,25)(H3,24,26,27). The molecule has 4 aromatic rings. The van der Waals surface area contributed by atoms with Crippen LogP contribution in [0.5, 0.6) is 5.75 Å². The highest BCUT2D eigenvalue weighted by molar-refractivity contribution is 5.80. The Bertz CT molecular complexity index is 1090. The molecule has 0 aliphatic heterocycles. The molecular formula is C21H18FN5O. The number of imidazole rings is 1. The first kappa shape index (κ1) is 17.5. The lowest BCUT2D eigenvalue weighted by Crippen LogP contribution is -1.95. The number of hydrogen-bond acceptors (Lipinski definition) is 5. The van der Waals surface area contributed by atoms with Gasteiger partial charge in [-0.25, -0.2) is 14.4 Å². The number of ether oxygens (including phenoxy) is 1. The van der Waals surface area contributed by atoms with Gasteiger partial charge in [-0.1, -0.05) is 12.1 Å². The van der Waals surface area contributed by atoms with Crippen LogP contribution in [0.4, 0.5) is 16.2 Å². The molecule has 4 rings (SSSR count). The fourth-order valence-corrected chi connectivity index (χ4v) is 2.87. The van der Waals surface area contributed by atoms with Gasteiger partial charge in [0.15, 0.2) is 5.95 Å². The highest BCUT2D eigenvalue weighted by atomic mass is 19.1. The fourth-order valence-electron chi connectivity index (χ4n) is 2.87. The monoisotopic (exact) mass is 375 g/mol. The lowest BCUT2D eigenvalue weighted by molar-refractivity contribution is 0.306. The molecular weight excluding hydrogens is 357 g/mol. The van der Waals surface area contributed by atoms with Gasteiger partial charge in [0, 0.05) is 17.3 Å². The molecule has 5 N–H and O–H groups in total. The second kappa shape index (κ2) is 7.40. The van der Waals surface area contributed by atoms with Gasteiger partial charge in [-0.3, -0.25) is 0 Å². The lowest BCUT2D eigenvalue weighted by atomic mass is 10.1. The molecule has 2 heterocycles. The number of aromatic nitrogens is 3. The molecule has 140 valence electrons. The van der Waals surface area contributed by atoms with Gasteiger partial charge in [0.05, 0.1) is 11.4 Å². The van der Waals surface area contributed by atoms with Crippen molar-refractivity contribution in [2.45, 2.75) is 6.61 Å². The van der Waals surface area contributed by atoms with Gasteiger partial charge in [0.1, 0.15) is 24.0 Å². The second-order valence-electron chi connectivity index (χ2n) is 6.25. The highest BCUT2D eigenvalue weighted by Gasteiger charge is 2.13. The molecule has 0 spiro atoms. The first-order chi connectivity index (χ1) is 13.6. The van der Waals surface area contributed by atoms with E-state index < -0.39 is 0 Å². The third-order valence-corrected chi connectivity index (χ3v) is 4.24. The quantitative estimate of drug-likeness (QED) is 0.489. The number of pyridine rings is 1. The predicted molar refractivity (Wildman–Crippen MR) is 107 cm³/mol. The van der Waals surface area contributed by atoms with Crippen LogP contribution in [0.25, 0.3) is 22.5 Å². The Labute approximate surface area is 161 Å². The second-order valence-corrected chi connectivity index (χ2v) is 6.25. The van der Waals surface area contributed by atoms with Crippen LogP contribution >= 0.6 is 0 Å². The molecule has 0 aliphatic carbocycles. The van der Waals surface area contributed by atoms with Gasteiger partial charge >= 0.3 is 0 Å². The molecule has 0 radical (unpaired) electrons. The van der Waals surface area contributed by atoms with Crippen molar-refractivity contribution < 1.29 is 9.13 Å². The van der Waals surface area contributed by atoms with E-state index >= 15 is 0 Å². The van der Waals surface area contributed by atoms with Gasteiger partial charge in [0.2, 0.25) is 0 Å². The number of benzene rings is 2. The van der Waals surface area contributed by atoms with E-state index in [9.17, 15) is 4.39 Å². The molecule has 0 amide bonds. The normalized spacial score (nSPS) is 10.8. The molecule has 0 bridgehead atoms. The number of aromatic amines is 1. The summed E-state index contributed by atoms with van der Waals surface area (Å²) >= 11 is 0. The SMILES string of the molecule is Nc1cc(-c2nc(N)[nH]c2-c2ccc(OCc3ccc(F)cc3)cc2)ccn1. The van der Waals surface area contributed by atoms with E-state index in [4.69, 9.17) is 16.2 Å². The summed E-state index contributed by atoms with van der Waals surface area (Å²) in [6, 6.07) is 17.4. The van der Waals surface area contributed by atoms with E-state index in [1.165, 1.54) is 12.1 Å². The van der Waals surface area contributed by atoms with Crippen LogP contribution in [0.2, 0.25) is 0 Å². The van der Waals surface area contributed by atoms with Crippen molar-refractivity contribution in [3.8, 4) is 28.3 Å². The van der Waals surface area contributed by atoms with Crippen LogP contribution in [-0.2, 0) is 6.61 Å². The minimum Gasteiger partial charge on any atom is -0.489 e. The Morgan fingerprint density at radius 2 is 1.68 bits per heavy atom. The summed E-state index contributed by atoms with van der Waals surface area (Å²) in [6.45, 7) is 0.359. The Hall–Kier alpha value is -3.87. The third kappa shape index (κ3) is 3.78. The predicted octanol–water partition coefficient (Wildman–Crippen LogP) is 4.02. The maximum atomic E-state index is 13.0. The number of hydrogen-bond donors (Lipinski definition) is 3. The molecule has 0 fully saturated rings. The topological polar surface area (TPSA) is 103 Å². The maximum absolute atomic E-state index is 13.0. The summed E-state index contributed by atoms with van der Waals surface area (Å²) in [5, 5.41) is 0. The van der Waals surface area contributed by atoms with Crippen molar-refractivity contribution in [3.63, 3.8) is 0 Å². The number of anilines is 2. The Morgan fingerprint density at radius 3 is 2.39 bits per heavy atom. The summed E-state index contributed by atoms with van der Waals surface area (Å²) < 4.78 is 18.7. The smallest absolute Gasteiger partial charge is 0.198 e. The zero-order valence-corrected chi connectivity index (χ0v) is 14.9. The summed E-state index contributed by atoms with van der Waals surface area (Å²) in [5.41, 5.74) is 15.8. The molecule has 6 nitrogen and oxygen atoms in total. The van der Waals surface area contributed by atoms with Crippen LogP contribution in [0, 0.1) is 5.82 Å². The average Bonchev–Trinajstić information content (AvgIpc) is 3.10. The lowest BCUT2D eigenvalue weighted by Gasteiger charge is -2.08. The number of nitrogens with two attached hydrogens (primary N) is 2. The van der Waals surface area contributed by atoms with Gasteiger partial charge in [-0.15, -0.1) is 0 Å². The Kier molecular flexibility index (Phi) is 4.63. The Balaban J connectivity index is 1.55. The summed E-state index contributed by atoms with van der Waals surface area (Å²) in [6.07, 6.45) is 1.63. The number of H-pyrrole nitrogens is 1. The highest BCUT2D eigenvalue weighted by Crippen LogP contribution is 2.32. The Morgan fingerprint density at radius 1 is 0.929 bits per heavy atom. The zero-order chi connectivity index (χ0) is 19.5. The van der Waals surface area contributed by atoms with Gasteiger partial charge in [0.25, 0.3) is 0 Å². The van der Waals surface area contributed by atoms with E-state index in [-0.39, 0.29) is 5.82 Å². The zero-order valence-electron chi connectivity index (χ0n) is 14.9. The van der Waals surface area contributed by atoms with Crippen LogP contribution in [0.3, 0.4) is 0 Å². The maximum Gasteiger partial charge on any atom is 0.198 e. The van der Waals surface area contributed by atoms with Crippen molar-refractivity contribution in [1.82, 2.24) is 15.0 Å². The summed E-state index contributed by atoms with van der Waals surface area (Å²) in [4.78, 5) is 11.5. The number of halogens is 1. The third-order valence-electron chi connectivity index (χ3n) is 4.24.